The SMILES string of the molecule is O=C(CC(c1ccccc1)c1ccccc1)N(Cc1cccs1)C1CCOCC1. The zero-order valence-electron chi connectivity index (χ0n) is 16.6. The number of carbonyl (C=O) groups is 1. The molecule has 0 saturated carbocycles. The molecular weight excluding hydrogens is 378 g/mol. The zero-order valence-corrected chi connectivity index (χ0v) is 17.4. The summed E-state index contributed by atoms with van der Waals surface area (Å²) >= 11 is 1.72. The fourth-order valence-corrected chi connectivity index (χ4v) is 4.78. The topological polar surface area (TPSA) is 29.5 Å². The monoisotopic (exact) mass is 405 g/mol. The molecule has 3 aromatic rings. The third-order valence-corrected chi connectivity index (χ3v) is 6.50. The van der Waals surface area contributed by atoms with Crippen molar-refractivity contribution in [2.45, 2.75) is 37.8 Å². The van der Waals surface area contributed by atoms with Crippen LogP contribution < -0.4 is 0 Å². The summed E-state index contributed by atoms with van der Waals surface area (Å²) in [6.45, 7) is 2.16. The summed E-state index contributed by atoms with van der Waals surface area (Å²) in [5.41, 5.74) is 2.38. The Kier molecular flexibility index (Phi) is 6.75. The molecule has 1 fully saturated rings. The lowest BCUT2D eigenvalue weighted by atomic mass is 9.88. The Morgan fingerprint density at radius 3 is 2.10 bits per heavy atom. The molecule has 1 saturated heterocycles. The van der Waals surface area contributed by atoms with Crippen LogP contribution in [0.5, 0.6) is 0 Å². The van der Waals surface area contributed by atoms with Gasteiger partial charge in [0, 0.05) is 36.5 Å². The van der Waals surface area contributed by atoms with Gasteiger partial charge in [-0.15, -0.1) is 11.3 Å². The van der Waals surface area contributed by atoms with Crippen molar-refractivity contribution < 1.29 is 9.53 Å². The molecule has 0 unspecified atom stereocenters. The molecule has 3 nitrogen and oxygen atoms in total. The summed E-state index contributed by atoms with van der Waals surface area (Å²) in [6.07, 6.45) is 2.31. The third-order valence-electron chi connectivity index (χ3n) is 5.64. The van der Waals surface area contributed by atoms with Gasteiger partial charge in [-0.05, 0) is 35.4 Å². The van der Waals surface area contributed by atoms with E-state index >= 15 is 0 Å². The molecule has 0 atom stereocenters. The largest absolute Gasteiger partial charge is 0.381 e. The van der Waals surface area contributed by atoms with Crippen LogP contribution in [0.25, 0.3) is 0 Å². The van der Waals surface area contributed by atoms with Crippen molar-refractivity contribution in [1.29, 1.82) is 0 Å². The molecule has 150 valence electrons. The van der Waals surface area contributed by atoms with Crippen LogP contribution in [0.1, 0.15) is 41.2 Å². The van der Waals surface area contributed by atoms with Crippen LogP contribution in [0.15, 0.2) is 78.2 Å². The maximum absolute atomic E-state index is 13.6. The number of benzene rings is 2. The van der Waals surface area contributed by atoms with Crippen molar-refractivity contribution in [1.82, 2.24) is 4.90 Å². The molecule has 0 bridgehead atoms. The Morgan fingerprint density at radius 1 is 0.931 bits per heavy atom. The highest BCUT2D eigenvalue weighted by molar-refractivity contribution is 7.09. The highest BCUT2D eigenvalue weighted by Crippen LogP contribution is 2.30. The quantitative estimate of drug-likeness (QED) is 0.521. The van der Waals surface area contributed by atoms with Crippen LogP contribution in [0.4, 0.5) is 0 Å². The van der Waals surface area contributed by atoms with Crippen LogP contribution in [-0.4, -0.2) is 30.1 Å². The van der Waals surface area contributed by atoms with Gasteiger partial charge in [0.25, 0.3) is 0 Å². The Morgan fingerprint density at radius 2 is 1.55 bits per heavy atom. The molecule has 1 amide bonds. The highest BCUT2D eigenvalue weighted by atomic mass is 32.1. The smallest absolute Gasteiger partial charge is 0.224 e. The number of nitrogens with zero attached hydrogens (tertiary/aromatic N) is 1. The minimum atomic E-state index is 0.0653. The van der Waals surface area contributed by atoms with Gasteiger partial charge in [-0.2, -0.15) is 0 Å². The molecule has 1 aliphatic heterocycles. The summed E-state index contributed by atoms with van der Waals surface area (Å²) in [5, 5.41) is 2.08. The van der Waals surface area contributed by atoms with Crippen LogP contribution in [0.3, 0.4) is 0 Å². The van der Waals surface area contributed by atoms with Crippen molar-refractivity contribution in [3.63, 3.8) is 0 Å². The van der Waals surface area contributed by atoms with E-state index in [0.717, 1.165) is 26.1 Å². The van der Waals surface area contributed by atoms with Gasteiger partial charge in [-0.25, -0.2) is 0 Å². The predicted octanol–water partition coefficient (Wildman–Crippen LogP) is 5.48. The lowest BCUT2D eigenvalue weighted by molar-refractivity contribution is -0.136. The summed E-state index contributed by atoms with van der Waals surface area (Å²) in [7, 11) is 0. The Hall–Kier alpha value is -2.43. The van der Waals surface area contributed by atoms with Gasteiger partial charge >= 0.3 is 0 Å². The standard InChI is InChI=1S/C25H27NO2S/c27-25(26(19-23-12-7-17-29-23)22-13-15-28-16-14-22)18-24(20-8-3-1-4-9-20)21-10-5-2-6-11-21/h1-12,17,22,24H,13-16,18-19H2. The van der Waals surface area contributed by atoms with Crippen LogP contribution >= 0.6 is 11.3 Å². The van der Waals surface area contributed by atoms with Gasteiger partial charge in [0.05, 0.1) is 6.54 Å². The minimum absolute atomic E-state index is 0.0653. The zero-order chi connectivity index (χ0) is 19.9. The van der Waals surface area contributed by atoms with E-state index in [4.69, 9.17) is 4.74 Å². The molecule has 4 heteroatoms. The van der Waals surface area contributed by atoms with E-state index in [1.165, 1.54) is 16.0 Å². The molecule has 0 aliphatic carbocycles. The molecule has 0 spiro atoms. The van der Waals surface area contributed by atoms with Crippen LogP contribution in [0, 0.1) is 0 Å². The second-order valence-electron chi connectivity index (χ2n) is 7.52. The van der Waals surface area contributed by atoms with E-state index < -0.39 is 0 Å². The maximum atomic E-state index is 13.6. The second kappa shape index (κ2) is 9.86. The lowest BCUT2D eigenvalue weighted by Crippen LogP contribution is -2.43. The summed E-state index contributed by atoms with van der Waals surface area (Å²) in [6, 6.07) is 25.2. The first-order chi connectivity index (χ1) is 14.3. The van der Waals surface area contributed by atoms with E-state index in [0.29, 0.717) is 13.0 Å². The summed E-state index contributed by atoms with van der Waals surface area (Å²) < 4.78 is 5.55. The second-order valence-corrected chi connectivity index (χ2v) is 8.55. The fourth-order valence-electron chi connectivity index (χ4n) is 4.08. The van der Waals surface area contributed by atoms with Crippen molar-refractivity contribution in [2.24, 2.45) is 0 Å². The molecule has 29 heavy (non-hydrogen) atoms. The van der Waals surface area contributed by atoms with Gasteiger partial charge in [0.2, 0.25) is 5.91 Å². The molecule has 1 aliphatic rings. The molecule has 2 aromatic carbocycles. The number of thiophene rings is 1. The third kappa shape index (κ3) is 5.14. The number of hydrogen-bond donors (Lipinski definition) is 0. The Labute approximate surface area is 176 Å². The fraction of sp³-hybridized carbons (Fsp3) is 0.320. The summed E-state index contributed by atoms with van der Waals surface area (Å²) in [5.74, 6) is 0.290. The van der Waals surface area contributed by atoms with Gasteiger partial charge in [0.15, 0.2) is 0 Å². The van der Waals surface area contributed by atoms with Gasteiger partial charge in [0.1, 0.15) is 0 Å². The first kappa shape index (κ1) is 19.9. The first-order valence-electron chi connectivity index (χ1n) is 10.3. The normalized spacial score (nSPS) is 14.8. The van der Waals surface area contributed by atoms with Crippen LogP contribution in [-0.2, 0) is 16.1 Å². The average molecular weight is 406 g/mol. The van der Waals surface area contributed by atoms with Gasteiger partial charge in [-0.3, -0.25) is 4.79 Å². The number of hydrogen-bond acceptors (Lipinski definition) is 3. The highest BCUT2D eigenvalue weighted by Gasteiger charge is 2.29. The Bertz CT molecular complexity index is 834. The number of rotatable bonds is 7. The van der Waals surface area contributed by atoms with E-state index in [-0.39, 0.29) is 17.9 Å². The predicted molar refractivity (Wildman–Crippen MR) is 118 cm³/mol. The number of carbonyl (C=O) groups excluding carboxylic acids is 1. The van der Waals surface area contributed by atoms with E-state index in [1.54, 1.807) is 11.3 Å². The molecule has 1 aromatic heterocycles. The molecule has 0 N–H and O–H groups in total. The number of amides is 1. The minimum Gasteiger partial charge on any atom is -0.381 e. The maximum Gasteiger partial charge on any atom is 0.224 e. The molecular formula is C25H27NO2S. The van der Waals surface area contributed by atoms with Crippen molar-refractivity contribution in [3.05, 3.63) is 94.2 Å². The van der Waals surface area contributed by atoms with Crippen molar-refractivity contribution >= 4 is 17.2 Å². The van der Waals surface area contributed by atoms with Gasteiger partial charge < -0.3 is 9.64 Å². The van der Waals surface area contributed by atoms with Crippen molar-refractivity contribution in [3.8, 4) is 0 Å². The first-order valence-corrected chi connectivity index (χ1v) is 11.2. The van der Waals surface area contributed by atoms with E-state index in [2.05, 4.69) is 70.9 Å². The summed E-state index contributed by atoms with van der Waals surface area (Å²) in [4.78, 5) is 17.0. The van der Waals surface area contributed by atoms with E-state index in [9.17, 15) is 4.79 Å². The average Bonchev–Trinajstić information content (AvgIpc) is 3.31. The Balaban J connectivity index is 1.59. The van der Waals surface area contributed by atoms with Crippen LogP contribution in [0.2, 0.25) is 0 Å². The number of ether oxygens (including phenoxy) is 1. The lowest BCUT2D eigenvalue weighted by Gasteiger charge is -2.35. The van der Waals surface area contributed by atoms with E-state index in [1.807, 2.05) is 12.1 Å². The molecule has 2 heterocycles. The molecule has 4 rings (SSSR count). The molecule has 0 radical (unpaired) electrons. The van der Waals surface area contributed by atoms with Gasteiger partial charge in [-0.1, -0.05) is 66.7 Å². The van der Waals surface area contributed by atoms with Crippen molar-refractivity contribution in [2.75, 3.05) is 13.2 Å².